The van der Waals surface area contributed by atoms with Crippen molar-refractivity contribution >= 4 is 17.5 Å². The number of benzene rings is 1. The summed E-state index contributed by atoms with van der Waals surface area (Å²) in [6, 6.07) is 7.98. The van der Waals surface area contributed by atoms with Crippen molar-refractivity contribution < 1.29 is 4.74 Å². The monoisotopic (exact) mass is 341 g/mol. The highest BCUT2D eigenvalue weighted by Crippen LogP contribution is 2.26. The molecule has 134 valence electrons. The molecule has 6 nitrogen and oxygen atoms in total. The molecule has 2 aromatic rings. The molecule has 0 radical (unpaired) electrons. The van der Waals surface area contributed by atoms with Crippen LogP contribution in [0.5, 0.6) is 5.75 Å². The van der Waals surface area contributed by atoms with Gasteiger partial charge in [-0.15, -0.1) is 0 Å². The van der Waals surface area contributed by atoms with Crippen LogP contribution in [-0.4, -0.2) is 48.7 Å². The van der Waals surface area contributed by atoms with Crippen molar-refractivity contribution in [2.45, 2.75) is 25.7 Å². The van der Waals surface area contributed by atoms with E-state index in [9.17, 15) is 0 Å². The summed E-state index contributed by atoms with van der Waals surface area (Å²) in [6.07, 6.45) is 6.51. The average Bonchev–Trinajstić information content (AvgIpc) is 2.60. The van der Waals surface area contributed by atoms with Crippen LogP contribution in [-0.2, 0) is 6.42 Å². The minimum absolute atomic E-state index is 0.584. The van der Waals surface area contributed by atoms with Crippen LogP contribution in [0.4, 0.5) is 17.5 Å². The van der Waals surface area contributed by atoms with Gasteiger partial charge >= 0.3 is 0 Å². The zero-order valence-corrected chi connectivity index (χ0v) is 15.1. The Kier molecular flexibility index (Phi) is 6.06. The predicted molar refractivity (Wildman–Crippen MR) is 102 cm³/mol. The Labute approximate surface area is 149 Å². The molecule has 1 aromatic carbocycles. The second-order valence-corrected chi connectivity index (χ2v) is 6.32. The summed E-state index contributed by atoms with van der Waals surface area (Å²) in [7, 11) is 3.57. The first-order valence-corrected chi connectivity index (χ1v) is 8.95. The van der Waals surface area contributed by atoms with Crippen molar-refractivity contribution in [1.29, 1.82) is 0 Å². The van der Waals surface area contributed by atoms with Gasteiger partial charge in [-0.3, -0.25) is 0 Å². The largest absolute Gasteiger partial charge is 0.496 e. The molecule has 0 atom stereocenters. The quantitative estimate of drug-likeness (QED) is 0.683. The highest BCUT2D eigenvalue weighted by molar-refractivity contribution is 5.58. The summed E-state index contributed by atoms with van der Waals surface area (Å²) in [5.41, 5.74) is 2.20. The number of aryl methyl sites for hydroxylation is 1. The minimum Gasteiger partial charge on any atom is -0.496 e. The molecule has 0 aliphatic carbocycles. The number of hydrogen-bond acceptors (Lipinski definition) is 6. The minimum atomic E-state index is 0.584. The topological polar surface area (TPSA) is 62.3 Å². The molecule has 1 aromatic heterocycles. The van der Waals surface area contributed by atoms with Crippen LogP contribution >= 0.6 is 0 Å². The van der Waals surface area contributed by atoms with Gasteiger partial charge in [0, 0.05) is 18.9 Å². The Bertz CT molecular complexity index is 687. The second-order valence-electron chi connectivity index (χ2n) is 6.32. The highest BCUT2D eigenvalue weighted by atomic mass is 16.5. The number of anilines is 3. The predicted octanol–water partition coefficient (Wildman–Crippen LogP) is 3.30. The Morgan fingerprint density at radius 3 is 2.80 bits per heavy atom. The van der Waals surface area contributed by atoms with E-state index in [-0.39, 0.29) is 0 Å². The SMILES string of the molecule is CNc1ccnc(Nc2ccc(OC)c(CCCCN3CCC3)c2)n1. The van der Waals surface area contributed by atoms with Gasteiger partial charge in [-0.25, -0.2) is 4.98 Å². The van der Waals surface area contributed by atoms with Crippen LogP contribution in [0.3, 0.4) is 0 Å². The van der Waals surface area contributed by atoms with Gasteiger partial charge in [0.15, 0.2) is 0 Å². The van der Waals surface area contributed by atoms with E-state index in [0.29, 0.717) is 5.95 Å². The number of nitrogens with zero attached hydrogens (tertiary/aromatic N) is 3. The van der Waals surface area contributed by atoms with Crippen LogP contribution in [0.2, 0.25) is 0 Å². The lowest BCUT2D eigenvalue weighted by Gasteiger charge is -2.30. The summed E-state index contributed by atoms with van der Waals surface area (Å²) in [6.45, 7) is 3.76. The molecular formula is C19H27N5O. The molecule has 25 heavy (non-hydrogen) atoms. The van der Waals surface area contributed by atoms with E-state index in [1.54, 1.807) is 13.3 Å². The number of nitrogens with one attached hydrogen (secondary N) is 2. The third kappa shape index (κ3) is 4.82. The third-order valence-corrected chi connectivity index (χ3v) is 4.57. The summed E-state index contributed by atoms with van der Waals surface area (Å²) < 4.78 is 5.52. The molecular weight excluding hydrogens is 314 g/mol. The lowest BCUT2D eigenvalue weighted by atomic mass is 10.1. The number of hydrogen-bond donors (Lipinski definition) is 2. The van der Waals surface area contributed by atoms with Gasteiger partial charge in [-0.2, -0.15) is 4.98 Å². The van der Waals surface area contributed by atoms with Crippen molar-refractivity contribution in [1.82, 2.24) is 14.9 Å². The fourth-order valence-electron chi connectivity index (χ4n) is 3.00. The van der Waals surface area contributed by atoms with Gasteiger partial charge in [-0.05, 0) is 75.1 Å². The van der Waals surface area contributed by atoms with Gasteiger partial charge in [0.1, 0.15) is 11.6 Å². The van der Waals surface area contributed by atoms with Gasteiger partial charge in [0.25, 0.3) is 0 Å². The van der Waals surface area contributed by atoms with Crippen LogP contribution in [0.1, 0.15) is 24.8 Å². The molecule has 1 fully saturated rings. The molecule has 1 saturated heterocycles. The fourth-order valence-corrected chi connectivity index (χ4v) is 3.00. The standard InChI is InChI=1S/C19H27N5O/c1-20-18-9-10-21-19(23-18)22-16-7-8-17(25-2)15(14-16)6-3-4-11-24-12-5-13-24/h7-10,14H,3-6,11-13H2,1-2H3,(H2,20,21,22,23). The lowest BCUT2D eigenvalue weighted by molar-refractivity contribution is 0.178. The summed E-state index contributed by atoms with van der Waals surface area (Å²) >= 11 is 0. The summed E-state index contributed by atoms with van der Waals surface area (Å²) in [5, 5.41) is 6.29. The maximum Gasteiger partial charge on any atom is 0.229 e. The van der Waals surface area contributed by atoms with Crippen LogP contribution in [0, 0.1) is 0 Å². The van der Waals surface area contributed by atoms with Crippen molar-refractivity contribution in [3.63, 3.8) is 0 Å². The van der Waals surface area contributed by atoms with Crippen molar-refractivity contribution in [2.24, 2.45) is 0 Å². The Hall–Kier alpha value is -2.34. The van der Waals surface area contributed by atoms with Crippen molar-refractivity contribution in [3.05, 3.63) is 36.0 Å². The van der Waals surface area contributed by atoms with E-state index in [1.165, 1.54) is 44.5 Å². The average molecular weight is 341 g/mol. The first-order valence-electron chi connectivity index (χ1n) is 8.95. The van der Waals surface area contributed by atoms with Crippen LogP contribution in [0.25, 0.3) is 0 Å². The molecule has 0 spiro atoms. The number of methoxy groups -OCH3 is 1. The van der Waals surface area contributed by atoms with Crippen molar-refractivity contribution in [3.8, 4) is 5.75 Å². The lowest BCUT2D eigenvalue weighted by Crippen LogP contribution is -2.37. The Morgan fingerprint density at radius 1 is 1.20 bits per heavy atom. The smallest absolute Gasteiger partial charge is 0.229 e. The summed E-state index contributed by atoms with van der Waals surface area (Å²) in [4.78, 5) is 11.2. The van der Waals surface area contributed by atoms with Crippen LogP contribution in [0.15, 0.2) is 30.5 Å². The summed E-state index contributed by atoms with van der Waals surface area (Å²) in [5.74, 6) is 2.32. The maximum absolute atomic E-state index is 5.52. The van der Waals surface area contributed by atoms with Gasteiger partial charge in [0.05, 0.1) is 7.11 Å². The first-order chi connectivity index (χ1) is 12.3. The molecule has 6 heteroatoms. The molecule has 0 saturated carbocycles. The number of likely N-dealkylation sites (tertiary alicyclic amines) is 1. The number of rotatable bonds is 9. The highest BCUT2D eigenvalue weighted by Gasteiger charge is 2.12. The van der Waals surface area contributed by atoms with Crippen molar-refractivity contribution in [2.75, 3.05) is 44.4 Å². The second kappa shape index (κ2) is 8.67. The molecule has 2 N–H and O–H groups in total. The van der Waals surface area contributed by atoms with E-state index < -0.39 is 0 Å². The molecule has 0 amide bonds. The molecule has 1 aliphatic rings. The van der Waals surface area contributed by atoms with Gasteiger partial charge < -0.3 is 20.3 Å². The molecule has 1 aliphatic heterocycles. The molecule has 0 unspecified atom stereocenters. The van der Waals surface area contributed by atoms with E-state index >= 15 is 0 Å². The molecule has 2 heterocycles. The third-order valence-electron chi connectivity index (χ3n) is 4.57. The van der Waals surface area contributed by atoms with Gasteiger partial charge in [0.2, 0.25) is 5.95 Å². The molecule has 3 rings (SSSR count). The number of aromatic nitrogens is 2. The normalized spacial score (nSPS) is 14.0. The Morgan fingerprint density at radius 2 is 2.08 bits per heavy atom. The van der Waals surface area contributed by atoms with Crippen LogP contribution < -0.4 is 15.4 Å². The zero-order valence-electron chi connectivity index (χ0n) is 15.1. The molecule has 0 bridgehead atoms. The van der Waals surface area contributed by atoms with E-state index in [1.807, 2.05) is 25.2 Å². The first kappa shape index (κ1) is 17.5. The van der Waals surface area contributed by atoms with E-state index in [2.05, 4.69) is 31.6 Å². The zero-order chi connectivity index (χ0) is 17.5. The van der Waals surface area contributed by atoms with E-state index in [0.717, 1.165) is 23.7 Å². The maximum atomic E-state index is 5.52. The van der Waals surface area contributed by atoms with E-state index in [4.69, 9.17) is 4.74 Å². The number of ether oxygens (including phenoxy) is 1. The number of unbranched alkanes of at least 4 members (excludes halogenated alkanes) is 1. The van der Waals surface area contributed by atoms with Gasteiger partial charge in [-0.1, -0.05) is 0 Å². The Balaban J connectivity index is 1.61. The fraction of sp³-hybridized carbons (Fsp3) is 0.474.